The van der Waals surface area contributed by atoms with Gasteiger partial charge < -0.3 is 127 Å². The van der Waals surface area contributed by atoms with Crippen LogP contribution in [0.2, 0.25) is 0 Å². The molecule has 1 aromatic heterocycles. The Morgan fingerprint density at radius 1 is 0.626 bits per heavy atom. The lowest BCUT2D eigenvalue weighted by Gasteiger charge is -2.32. The second-order valence-corrected chi connectivity index (χ2v) is 28.5. The zero-order valence-electron chi connectivity index (χ0n) is 65.2. The number of amides is 16. The van der Waals surface area contributed by atoms with Gasteiger partial charge in [-0.1, -0.05) is 78.5 Å². The summed E-state index contributed by atoms with van der Waals surface area (Å²) in [7, 11) is 1.70. The minimum absolute atomic E-state index is 0.00627. The molecule has 15 atom stereocenters. The lowest BCUT2D eigenvalue weighted by Crippen LogP contribution is -2.65. The molecule has 2 heterocycles. The van der Waals surface area contributed by atoms with Crippen LogP contribution in [0.15, 0.2) is 30.5 Å². The molecule has 0 radical (unpaired) electrons. The molecular weight excluding hydrogens is 1520 g/mol. The van der Waals surface area contributed by atoms with Crippen LogP contribution in [-0.4, -0.2) is 267 Å². The fourth-order valence-corrected chi connectivity index (χ4v) is 11.8. The maximum Gasteiger partial charge on any atom is 0.335 e. The number of H-pyrrole nitrogens is 1. The third-order valence-corrected chi connectivity index (χ3v) is 18.1. The molecule has 115 heavy (non-hydrogen) atoms. The number of aliphatic carboxylic acids is 3. The van der Waals surface area contributed by atoms with Gasteiger partial charge in [0.15, 0.2) is 12.2 Å². The molecule has 1 aromatic carbocycles. The first kappa shape index (κ1) is 97.2. The van der Waals surface area contributed by atoms with E-state index in [1.54, 1.807) is 30.5 Å². The predicted molar refractivity (Wildman–Crippen MR) is 400 cm³/mol. The Morgan fingerprint density at radius 3 is 1.82 bits per heavy atom. The van der Waals surface area contributed by atoms with Gasteiger partial charge in [0.2, 0.25) is 94.5 Å². The number of carboxylic acids is 3. The SMILES string of the molecule is COC(C(=O)O)C1NC(=O)C(CCCCN)NC(=O)C(CC(=O)O)NC(=O)C(C)NC(=O)CN(C)C(=O)C(NC(=O)C(NC(=O)C(CC(N)=O)NC(=O)C(Cc2c[nH]c3ccccc23)NC(=O)CCCCCCC(C)C)C(O)C(N)=O)C(C)OC(=O)C(C(C)C)NC(=O)C(C(C)CC(=O)O)NC(=O)C(CC(N)=O)NC(=O)CNC1=O. The molecule has 3 rings (SSSR count). The van der Waals surface area contributed by atoms with E-state index in [1.165, 1.54) is 13.8 Å². The van der Waals surface area contributed by atoms with E-state index < -0.39 is 254 Å². The highest BCUT2D eigenvalue weighted by atomic mass is 16.5. The first-order chi connectivity index (χ1) is 53.9. The van der Waals surface area contributed by atoms with E-state index in [-0.39, 0.29) is 38.6 Å². The Bertz CT molecular complexity index is 3850. The third-order valence-electron chi connectivity index (χ3n) is 18.1. The van der Waals surface area contributed by atoms with Crippen LogP contribution in [0.4, 0.5) is 0 Å². The van der Waals surface area contributed by atoms with E-state index in [0.717, 1.165) is 54.2 Å². The summed E-state index contributed by atoms with van der Waals surface area (Å²) in [6, 6.07) is -15.9. The number of primary amides is 3. The molecule has 0 aliphatic carbocycles. The van der Waals surface area contributed by atoms with Crippen LogP contribution < -0.4 is 86.7 Å². The number of nitrogens with one attached hydrogen (secondary N) is 13. The van der Waals surface area contributed by atoms with Gasteiger partial charge in [-0.25, -0.2) is 9.59 Å². The van der Waals surface area contributed by atoms with Crippen molar-refractivity contribution in [1.82, 2.24) is 73.7 Å². The first-order valence-electron chi connectivity index (χ1n) is 36.9. The Hall–Kier alpha value is -12.0. The minimum atomic E-state index is -2.80. The standard InChI is InChI=1S/C71H108N18O26/c1-32(2)18-12-10-11-13-22-47(92)79-41(25-37-29-76-39-20-15-14-19-38(37)39)62(103)83-43(27-46(74)91)65(106)87-55(57(99)59(75)100)68(109)86-54-36(7)115-71(113)52(33(3)4)84-67(108)53(34(5)24-50(95)96)85-64(105)42(26-45(73)90)80-48(93)30-77-66(107)56(58(114-9)70(111)112)88-61(102)40(21-16-17-23-72)81-63(104)44(28-51(97)98)82-60(101)35(6)78-49(94)31-89(8)69(54)110/h14-15,19-20,29,32-36,40-44,52-58,76,99H,10-13,16-18,21-28,30-31,72H2,1-9H3,(H2,73,90)(H2,74,91)(H2,75,100)(H,77,107)(H,78,94)(H,79,92)(H,80,93)(H,81,104)(H,82,101)(H,83,103)(H,84,108)(H,85,105)(H,86,109)(H,87,106)(H,88,102)(H,95,96)(H,97,98)(H,111,112). The summed E-state index contributed by atoms with van der Waals surface area (Å²) in [5.41, 5.74) is 23.3. The Labute approximate surface area is 660 Å². The number of aliphatic hydroxyl groups excluding tert-OH is 1. The maximum atomic E-state index is 14.9. The Morgan fingerprint density at radius 2 is 1.23 bits per heavy atom. The second kappa shape index (κ2) is 47.5. The lowest BCUT2D eigenvalue weighted by atomic mass is 9.95. The van der Waals surface area contributed by atoms with E-state index in [0.29, 0.717) is 40.1 Å². The third kappa shape index (κ3) is 32.6. The number of aromatic amines is 1. The molecule has 16 amide bonds. The molecule has 44 heteroatoms. The van der Waals surface area contributed by atoms with Crippen LogP contribution in [-0.2, 0) is 112 Å². The first-order valence-corrected chi connectivity index (χ1v) is 36.9. The van der Waals surface area contributed by atoms with Gasteiger partial charge in [0.05, 0.1) is 38.8 Å². The molecule has 0 spiro atoms. The molecule has 15 unspecified atom stereocenters. The van der Waals surface area contributed by atoms with E-state index in [1.807, 2.05) is 10.6 Å². The van der Waals surface area contributed by atoms with Gasteiger partial charge >= 0.3 is 23.9 Å². The van der Waals surface area contributed by atoms with Crippen molar-refractivity contribution in [3.63, 3.8) is 0 Å². The highest BCUT2D eigenvalue weighted by molar-refractivity contribution is 6.03. The number of nitrogens with two attached hydrogens (primary N) is 4. The number of hydrogen-bond acceptors (Lipinski definition) is 24. The molecule has 1 aliphatic heterocycles. The van der Waals surface area contributed by atoms with Crippen LogP contribution in [0.25, 0.3) is 10.9 Å². The molecule has 638 valence electrons. The van der Waals surface area contributed by atoms with Gasteiger partial charge in [-0.05, 0) is 75.5 Å². The number of carbonyl (C=O) groups is 20. The quantitative estimate of drug-likeness (QED) is 0.0225. The number of rotatable bonds is 35. The molecule has 1 saturated heterocycles. The van der Waals surface area contributed by atoms with Gasteiger partial charge in [0.25, 0.3) is 0 Å². The topological polar surface area (TPSA) is 708 Å². The zero-order chi connectivity index (χ0) is 86.8. The van der Waals surface area contributed by atoms with E-state index in [9.17, 15) is 116 Å². The zero-order valence-corrected chi connectivity index (χ0v) is 65.2. The van der Waals surface area contributed by atoms with Crippen molar-refractivity contribution in [1.29, 1.82) is 0 Å². The predicted octanol–water partition coefficient (Wildman–Crippen LogP) is -7.35. The van der Waals surface area contributed by atoms with Crippen molar-refractivity contribution < 1.29 is 126 Å². The summed E-state index contributed by atoms with van der Waals surface area (Å²) in [4.78, 5) is 278. The molecule has 25 N–H and O–H groups in total. The molecule has 1 aliphatic rings. The number of unbranched alkanes of at least 4 members (excludes halogenated alkanes) is 4. The van der Waals surface area contributed by atoms with Crippen molar-refractivity contribution in [3.05, 3.63) is 36.0 Å². The Kier molecular flexibility index (Phi) is 40.2. The van der Waals surface area contributed by atoms with Gasteiger partial charge in [-0.15, -0.1) is 0 Å². The number of likely N-dealkylation sites (N-methyl/N-ethyl adjacent to an activating group) is 1. The number of ether oxygens (including phenoxy) is 2. The highest BCUT2D eigenvalue weighted by Gasteiger charge is 2.44. The number of hydrogen-bond donors (Lipinski definition) is 21. The fourth-order valence-electron chi connectivity index (χ4n) is 11.8. The van der Waals surface area contributed by atoms with E-state index in [2.05, 4.69) is 72.0 Å². The van der Waals surface area contributed by atoms with Gasteiger partial charge in [-0.2, -0.15) is 0 Å². The number of benzene rings is 1. The number of esters is 1. The van der Waals surface area contributed by atoms with Crippen molar-refractivity contribution >= 4 is 129 Å². The van der Waals surface area contributed by atoms with E-state index in [4.69, 9.17) is 32.4 Å². The largest absolute Gasteiger partial charge is 0.481 e. The fraction of sp³-hybridized carbons (Fsp3) is 0.606. The van der Waals surface area contributed by atoms with E-state index >= 15 is 0 Å². The van der Waals surface area contributed by atoms with Crippen molar-refractivity contribution in [2.75, 3.05) is 33.8 Å². The van der Waals surface area contributed by atoms with Crippen LogP contribution >= 0.6 is 0 Å². The molecule has 1 fully saturated rings. The monoisotopic (exact) mass is 1630 g/mol. The van der Waals surface area contributed by atoms with Gasteiger partial charge in [-0.3, -0.25) is 86.3 Å². The number of cyclic esters (lactones) is 1. The lowest BCUT2D eigenvalue weighted by molar-refractivity contribution is -0.159. The normalized spacial score (nSPS) is 22.0. The van der Waals surface area contributed by atoms with Crippen molar-refractivity contribution in [2.24, 2.45) is 40.7 Å². The number of fused-ring (bicyclic) bond motifs is 1. The van der Waals surface area contributed by atoms with Crippen molar-refractivity contribution in [2.45, 2.75) is 223 Å². The second-order valence-electron chi connectivity index (χ2n) is 28.5. The van der Waals surface area contributed by atoms with Crippen LogP contribution in [0, 0.1) is 17.8 Å². The molecule has 0 bridgehead atoms. The summed E-state index contributed by atoms with van der Waals surface area (Å²) in [6.45, 7) is 7.50. The average molecular weight is 1630 g/mol. The van der Waals surface area contributed by atoms with Crippen LogP contribution in [0.1, 0.15) is 138 Å². The number of aliphatic hydroxyl groups is 1. The minimum Gasteiger partial charge on any atom is -0.481 e. The number of methoxy groups -OCH3 is 1. The summed E-state index contributed by atoms with van der Waals surface area (Å²) in [5, 5.41) is 68.1. The molecular formula is C71H108N18O26. The molecule has 0 saturated carbocycles. The van der Waals surface area contributed by atoms with Gasteiger partial charge in [0, 0.05) is 44.1 Å². The summed E-state index contributed by atoms with van der Waals surface area (Å²) < 4.78 is 10.7. The number of aromatic nitrogens is 1. The molecule has 2 aromatic rings. The summed E-state index contributed by atoms with van der Waals surface area (Å²) >= 11 is 0. The number of carbonyl (C=O) groups excluding carboxylic acids is 17. The highest BCUT2D eigenvalue weighted by Crippen LogP contribution is 2.21. The summed E-state index contributed by atoms with van der Waals surface area (Å²) in [5.74, 6) is -30.5. The molecule has 44 nitrogen and oxygen atoms in total. The Balaban J connectivity index is 2.27. The smallest absolute Gasteiger partial charge is 0.335 e. The number of para-hydroxylation sites is 1. The number of carboxylic acid groups (broad SMARTS) is 3. The average Bonchev–Trinajstić information content (AvgIpc) is 1.34. The number of nitrogens with zero attached hydrogens (tertiary/aromatic N) is 1. The summed E-state index contributed by atoms with van der Waals surface area (Å²) in [6.07, 6.45) is -6.54. The maximum absolute atomic E-state index is 14.9. The van der Waals surface area contributed by atoms with Crippen molar-refractivity contribution in [3.8, 4) is 0 Å². The van der Waals surface area contributed by atoms with Crippen LogP contribution in [0.5, 0.6) is 0 Å². The van der Waals surface area contributed by atoms with Gasteiger partial charge in [0.1, 0.15) is 72.6 Å². The van der Waals surface area contributed by atoms with Crippen LogP contribution in [0.3, 0.4) is 0 Å².